The van der Waals surface area contributed by atoms with E-state index in [1.807, 2.05) is 30.3 Å². The molecule has 0 radical (unpaired) electrons. The number of hydrogen-bond donors (Lipinski definition) is 2. The normalized spacial score (nSPS) is 11.7. The third-order valence-electron chi connectivity index (χ3n) is 3.67. The van der Waals surface area contributed by atoms with Crippen LogP contribution in [0.5, 0.6) is 0 Å². The minimum atomic E-state index is -0.888. The third kappa shape index (κ3) is 6.20. The van der Waals surface area contributed by atoms with Crippen LogP contribution in [-0.2, 0) is 22.4 Å². The highest BCUT2D eigenvalue weighted by Gasteiger charge is 2.15. The van der Waals surface area contributed by atoms with Gasteiger partial charge in [0.1, 0.15) is 5.82 Å². The van der Waals surface area contributed by atoms with Crippen molar-refractivity contribution in [2.75, 3.05) is 0 Å². The quantitative estimate of drug-likeness (QED) is 0.782. The number of carbonyl (C=O) groups excluding carboxylic acids is 1. The van der Waals surface area contributed by atoms with E-state index < -0.39 is 5.97 Å². The van der Waals surface area contributed by atoms with Crippen LogP contribution in [0.15, 0.2) is 54.6 Å². The van der Waals surface area contributed by atoms with Crippen molar-refractivity contribution < 1.29 is 19.1 Å². The van der Waals surface area contributed by atoms with Crippen LogP contribution in [-0.4, -0.2) is 23.0 Å². The summed E-state index contributed by atoms with van der Waals surface area (Å²) >= 11 is 0. The number of halogens is 1. The fourth-order valence-corrected chi connectivity index (χ4v) is 2.49. The molecule has 1 amide bonds. The van der Waals surface area contributed by atoms with Crippen LogP contribution in [0.4, 0.5) is 4.39 Å². The minimum Gasteiger partial charge on any atom is -0.481 e. The van der Waals surface area contributed by atoms with Crippen LogP contribution >= 0.6 is 0 Å². The smallest absolute Gasteiger partial charge is 0.303 e. The molecule has 0 saturated heterocycles. The summed E-state index contributed by atoms with van der Waals surface area (Å²) < 4.78 is 12.9. The van der Waals surface area contributed by atoms with Gasteiger partial charge in [-0.3, -0.25) is 9.59 Å². The highest BCUT2D eigenvalue weighted by atomic mass is 19.1. The van der Waals surface area contributed by atoms with Gasteiger partial charge in [0.2, 0.25) is 5.91 Å². The Hall–Kier alpha value is -2.69. The van der Waals surface area contributed by atoms with E-state index >= 15 is 0 Å². The van der Waals surface area contributed by atoms with E-state index in [4.69, 9.17) is 5.11 Å². The largest absolute Gasteiger partial charge is 0.481 e. The zero-order chi connectivity index (χ0) is 17.4. The van der Waals surface area contributed by atoms with Gasteiger partial charge in [-0.25, -0.2) is 4.39 Å². The first-order valence-electron chi connectivity index (χ1n) is 7.82. The lowest BCUT2D eigenvalue weighted by molar-refractivity contribution is -0.137. The summed E-state index contributed by atoms with van der Waals surface area (Å²) in [6.07, 6.45) is 1.07. The summed E-state index contributed by atoms with van der Waals surface area (Å²) in [5, 5.41) is 11.8. The van der Waals surface area contributed by atoms with Crippen LogP contribution in [0.2, 0.25) is 0 Å². The summed E-state index contributed by atoms with van der Waals surface area (Å²) in [6, 6.07) is 15.1. The molecule has 0 spiro atoms. The van der Waals surface area contributed by atoms with Crippen molar-refractivity contribution in [3.05, 3.63) is 71.5 Å². The first kappa shape index (κ1) is 17.7. The Bertz CT molecular complexity index is 671. The lowest BCUT2D eigenvalue weighted by atomic mass is 10.0. The molecule has 0 saturated carbocycles. The van der Waals surface area contributed by atoms with Crippen LogP contribution < -0.4 is 5.32 Å². The van der Waals surface area contributed by atoms with Gasteiger partial charge >= 0.3 is 5.97 Å². The van der Waals surface area contributed by atoms with E-state index in [1.54, 1.807) is 12.1 Å². The van der Waals surface area contributed by atoms with Gasteiger partial charge in [0, 0.05) is 12.5 Å². The number of carboxylic acid groups (broad SMARTS) is 1. The summed E-state index contributed by atoms with van der Waals surface area (Å²) in [5.41, 5.74) is 1.75. The highest BCUT2D eigenvalue weighted by molar-refractivity contribution is 5.79. The van der Waals surface area contributed by atoms with E-state index in [9.17, 15) is 14.0 Å². The summed E-state index contributed by atoms with van der Waals surface area (Å²) in [4.78, 5) is 23.0. The van der Waals surface area contributed by atoms with Crippen LogP contribution in [0, 0.1) is 5.82 Å². The van der Waals surface area contributed by atoms with Crippen molar-refractivity contribution in [3.8, 4) is 0 Å². The third-order valence-corrected chi connectivity index (χ3v) is 3.67. The second-order valence-corrected chi connectivity index (χ2v) is 5.69. The molecule has 0 aromatic heterocycles. The van der Waals surface area contributed by atoms with Crippen LogP contribution in [0.25, 0.3) is 0 Å². The average molecular weight is 329 g/mol. The Morgan fingerprint density at radius 2 is 1.67 bits per heavy atom. The molecule has 1 unspecified atom stereocenters. The maximum Gasteiger partial charge on any atom is 0.303 e. The Morgan fingerprint density at radius 3 is 2.29 bits per heavy atom. The molecular formula is C19H20FNO3. The Balaban J connectivity index is 1.96. The van der Waals surface area contributed by atoms with Crippen molar-refractivity contribution in [1.29, 1.82) is 0 Å². The molecule has 2 aromatic carbocycles. The second kappa shape index (κ2) is 8.82. The van der Waals surface area contributed by atoms with Gasteiger partial charge in [-0.1, -0.05) is 42.5 Å². The molecular weight excluding hydrogens is 309 g/mol. The average Bonchev–Trinajstić information content (AvgIpc) is 2.55. The van der Waals surface area contributed by atoms with Crippen LogP contribution in [0.1, 0.15) is 24.0 Å². The van der Waals surface area contributed by atoms with E-state index in [2.05, 4.69) is 5.32 Å². The predicted octanol–water partition coefficient (Wildman–Crippen LogP) is 2.96. The van der Waals surface area contributed by atoms with Crippen LogP contribution in [0.3, 0.4) is 0 Å². The summed E-state index contributed by atoms with van der Waals surface area (Å²) in [5.74, 6) is -1.43. The molecule has 5 heteroatoms. The van der Waals surface area contributed by atoms with E-state index in [0.29, 0.717) is 18.4 Å². The van der Waals surface area contributed by atoms with Gasteiger partial charge in [0.05, 0.1) is 6.42 Å². The molecule has 2 aromatic rings. The number of carboxylic acids is 1. The van der Waals surface area contributed by atoms with Crippen molar-refractivity contribution in [3.63, 3.8) is 0 Å². The number of amides is 1. The molecule has 0 fully saturated rings. The van der Waals surface area contributed by atoms with Crippen molar-refractivity contribution in [2.24, 2.45) is 0 Å². The molecule has 0 bridgehead atoms. The number of hydrogen-bond acceptors (Lipinski definition) is 2. The van der Waals surface area contributed by atoms with E-state index in [1.165, 1.54) is 12.1 Å². The van der Waals surface area contributed by atoms with Crippen molar-refractivity contribution >= 4 is 11.9 Å². The number of nitrogens with one attached hydrogen (secondary N) is 1. The fourth-order valence-electron chi connectivity index (χ4n) is 2.49. The molecule has 4 nitrogen and oxygen atoms in total. The van der Waals surface area contributed by atoms with Crippen molar-refractivity contribution in [1.82, 2.24) is 5.32 Å². The molecule has 0 aliphatic rings. The lowest BCUT2D eigenvalue weighted by Gasteiger charge is -2.18. The molecule has 0 heterocycles. The maximum absolute atomic E-state index is 12.9. The second-order valence-electron chi connectivity index (χ2n) is 5.69. The molecule has 2 N–H and O–H groups in total. The first-order chi connectivity index (χ1) is 11.5. The maximum atomic E-state index is 12.9. The molecule has 126 valence electrons. The molecule has 1 atom stereocenters. The predicted molar refractivity (Wildman–Crippen MR) is 89.1 cm³/mol. The number of carbonyl (C=O) groups is 2. The zero-order valence-corrected chi connectivity index (χ0v) is 13.2. The van der Waals surface area contributed by atoms with Gasteiger partial charge in [-0.05, 0) is 36.1 Å². The molecule has 0 aliphatic carbocycles. The molecule has 24 heavy (non-hydrogen) atoms. The van der Waals surface area contributed by atoms with Crippen molar-refractivity contribution in [2.45, 2.75) is 31.7 Å². The Labute approximate surface area is 140 Å². The topological polar surface area (TPSA) is 66.4 Å². The first-order valence-corrected chi connectivity index (χ1v) is 7.82. The number of rotatable bonds is 8. The fraction of sp³-hybridized carbons (Fsp3) is 0.263. The Morgan fingerprint density at radius 1 is 1.00 bits per heavy atom. The zero-order valence-electron chi connectivity index (χ0n) is 13.2. The molecule has 2 rings (SSSR count). The minimum absolute atomic E-state index is 0.00563. The van der Waals surface area contributed by atoms with Gasteiger partial charge in [0.25, 0.3) is 0 Å². The SMILES string of the molecule is O=C(O)CCC(Cc1ccccc1)NC(=O)Cc1ccc(F)cc1. The van der Waals surface area contributed by atoms with Gasteiger partial charge in [0.15, 0.2) is 0 Å². The highest BCUT2D eigenvalue weighted by Crippen LogP contribution is 2.09. The summed E-state index contributed by atoms with van der Waals surface area (Å²) in [6.45, 7) is 0. The molecule has 0 aliphatic heterocycles. The lowest BCUT2D eigenvalue weighted by Crippen LogP contribution is -2.37. The Kier molecular flexibility index (Phi) is 6.49. The van der Waals surface area contributed by atoms with Gasteiger partial charge < -0.3 is 10.4 Å². The van der Waals surface area contributed by atoms with Gasteiger partial charge in [-0.15, -0.1) is 0 Å². The number of aliphatic carboxylic acids is 1. The summed E-state index contributed by atoms with van der Waals surface area (Å²) in [7, 11) is 0. The monoisotopic (exact) mass is 329 g/mol. The van der Waals surface area contributed by atoms with E-state index in [-0.39, 0.29) is 30.6 Å². The van der Waals surface area contributed by atoms with Gasteiger partial charge in [-0.2, -0.15) is 0 Å². The number of benzene rings is 2. The van der Waals surface area contributed by atoms with E-state index in [0.717, 1.165) is 5.56 Å². The standard InChI is InChI=1S/C19H20FNO3/c20-16-8-6-15(7-9-16)13-18(22)21-17(10-11-19(23)24)12-14-4-2-1-3-5-14/h1-9,17H,10-13H2,(H,21,22)(H,23,24).